The quantitative estimate of drug-likeness (QED) is 0.846. The van der Waals surface area contributed by atoms with Crippen LogP contribution in [0.2, 0.25) is 0 Å². The molecule has 0 aliphatic rings. The van der Waals surface area contributed by atoms with E-state index >= 15 is 0 Å². The Balaban J connectivity index is 2.06. The summed E-state index contributed by atoms with van der Waals surface area (Å²) in [6.07, 6.45) is -0.211. The maximum absolute atomic E-state index is 12.2. The van der Waals surface area contributed by atoms with Crippen LogP contribution < -0.4 is 10.6 Å². The molecule has 0 aliphatic heterocycles. The Bertz CT molecular complexity index is 768. The van der Waals surface area contributed by atoms with Crippen LogP contribution in [0.25, 0.3) is 0 Å². The molecule has 0 aromatic heterocycles. The summed E-state index contributed by atoms with van der Waals surface area (Å²) in [6.45, 7) is 0.267. The van der Waals surface area contributed by atoms with E-state index in [4.69, 9.17) is 5.26 Å². The average Bonchev–Trinajstić information content (AvgIpc) is 2.54. The van der Waals surface area contributed by atoms with Gasteiger partial charge >= 0.3 is 0 Å². The van der Waals surface area contributed by atoms with E-state index in [1.807, 2.05) is 18.2 Å². The van der Waals surface area contributed by atoms with Crippen LogP contribution in [0.4, 0.5) is 5.69 Å². The summed E-state index contributed by atoms with van der Waals surface area (Å²) in [4.78, 5) is 23.7. The molecule has 0 atom stereocenters. The third kappa shape index (κ3) is 4.66. The number of anilines is 1. The van der Waals surface area contributed by atoms with Gasteiger partial charge in [-0.15, -0.1) is 0 Å². The lowest BCUT2D eigenvalue weighted by molar-refractivity contribution is -0.115. The first-order chi connectivity index (χ1) is 11.1. The van der Waals surface area contributed by atoms with Crippen LogP contribution >= 0.6 is 15.9 Å². The van der Waals surface area contributed by atoms with E-state index in [9.17, 15) is 9.59 Å². The zero-order valence-corrected chi connectivity index (χ0v) is 13.8. The van der Waals surface area contributed by atoms with Crippen molar-refractivity contribution in [2.24, 2.45) is 0 Å². The van der Waals surface area contributed by atoms with Crippen molar-refractivity contribution in [1.29, 1.82) is 5.26 Å². The number of nitrogens with zero attached hydrogens (tertiary/aromatic N) is 1. The number of carbonyl (C=O) groups excluding carboxylic acids is 2. The van der Waals surface area contributed by atoms with Crippen molar-refractivity contribution >= 4 is 33.4 Å². The number of benzene rings is 2. The van der Waals surface area contributed by atoms with Crippen molar-refractivity contribution in [3.63, 3.8) is 0 Å². The zero-order chi connectivity index (χ0) is 16.7. The maximum atomic E-state index is 12.2. The Morgan fingerprint density at radius 1 is 1.09 bits per heavy atom. The summed E-state index contributed by atoms with van der Waals surface area (Å²) in [5.74, 6) is -0.590. The second-order valence-electron chi connectivity index (χ2n) is 4.70. The van der Waals surface area contributed by atoms with Gasteiger partial charge in [0.05, 0.1) is 11.6 Å². The third-order valence-corrected chi connectivity index (χ3v) is 3.78. The molecular weight excluding hydrogens is 358 g/mol. The molecule has 2 N–H and O–H groups in total. The first-order valence-electron chi connectivity index (χ1n) is 6.89. The first kappa shape index (κ1) is 16.7. The molecule has 23 heavy (non-hydrogen) atoms. The molecular formula is C17H14BrN3O2. The van der Waals surface area contributed by atoms with Crippen LogP contribution in [0.15, 0.2) is 53.0 Å². The number of nitriles is 1. The van der Waals surface area contributed by atoms with Crippen molar-refractivity contribution in [3.05, 3.63) is 64.1 Å². The number of rotatable bonds is 5. The monoisotopic (exact) mass is 371 g/mol. The second-order valence-corrected chi connectivity index (χ2v) is 5.56. The Labute approximate surface area is 142 Å². The average molecular weight is 372 g/mol. The van der Waals surface area contributed by atoms with Gasteiger partial charge in [0.15, 0.2) is 0 Å². The highest BCUT2D eigenvalue weighted by molar-refractivity contribution is 9.10. The molecule has 0 unspecified atom stereocenters. The molecule has 0 bridgehead atoms. The molecule has 0 radical (unpaired) electrons. The fourth-order valence-corrected chi connectivity index (χ4v) is 2.44. The molecule has 116 valence electrons. The minimum absolute atomic E-state index is 0.211. The Morgan fingerprint density at radius 3 is 2.52 bits per heavy atom. The van der Waals surface area contributed by atoms with E-state index in [1.165, 1.54) is 0 Å². The molecule has 0 saturated heterocycles. The van der Waals surface area contributed by atoms with Gasteiger partial charge in [0.25, 0.3) is 5.91 Å². The SMILES string of the molecule is N#CCC(=O)Nc1ccccc1CNC(=O)c1ccccc1Br. The lowest BCUT2D eigenvalue weighted by Crippen LogP contribution is -2.24. The fraction of sp³-hybridized carbons (Fsp3) is 0.118. The van der Waals surface area contributed by atoms with Crippen LogP contribution in [0.5, 0.6) is 0 Å². The van der Waals surface area contributed by atoms with E-state index < -0.39 is 0 Å². The molecule has 0 heterocycles. The molecule has 2 aromatic rings. The van der Waals surface area contributed by atoms with Crippen molar-refractivity contribution in [2.75, 3.05) is 5.32 Å². The predicted octanol–water partition coefficient (Wildman–Crippen LogP) is 3.23. The third-order valence-electron chi connectivity index (χ3n) is 3.09. The Kier molecular flexibility index (Phi) is 5.89. The first-order valence-corrected chi connectivity index (χ1v) is 7.68. The van der Waals surface area contributed by atoms with Gasteiger partial charge in [-0.2, -0.15) is 5.26 Å². The van der Waals surface area contributed by atoms with Crippen LogP contribution in [0.3, 0.4) is 0 Å². The zero-order valence-electron chi connectivity index (χ0n) is 12.2. The molecule has 2 amide bonds. The molecule has 5 nitrogen and oxygen atoms in total. The van der Waals surface area contributed by atoms with Crippen molar-refractivity contribution in [2.45, 2.75) is 13.0 Å². The maximum Gasteiger partial charge on any atom is 0.252 e. The summed E-state index contributed by atoms with van der Waals surface area (Å²) >= 11 is 3.34. The van der Waals surface area contributed by atoms with Crippen molar-refractivity contribution in [1.82, 2.24) is 5.32 Å². The second kappa shape index (κ2) is 8.11. The van der Waals surface area contributed by atoms with E-state index in [0.717, 1.165) is 5.56 Å². The van der Waals surface area contributed by atoms with E-state index in [1.54, 1.807) is 36.4 Å². The smallest absolute Gasteiger partial charge is 0.252 e. The minimum Gasteiger partial charge on any atom is -0.348 e. The largest absolute Gasteiger partial charge is 0.348 e. The van der Waals surface area contributed by atoms with Gasteiger partial charge in [0, 0.05) is 16.7 Å². The summed E-state index contributed by atoms with van der Waals surface area (Å²) in [5.41, 5.74) is 1.89. The molecule has 0 saturated carbocycles. The summed E-state index contributed by atoms with van der Waals surface area (Å²) in [6, 6.07) is 16.1. The highest BCUT2D eigenvalue weighted by Crippen LogP contribution is 2.17. The molecule has 2 aromatic carbocycles. The normalized spacial score (nSPS) is 9.74. The van der Waals surface area contributed by atoms with Crippen molar-refractivity contribution < 1.29 is 9.59 Å². The van der Waals surface area contributed by atoms with Gasteiger partial charge in [-0.05, 0) is 39.7 Å². The number of nitrogens with one attached hydrogen (secondary N) is 2. The lowest BCUT2D eigenvalue weighted by Gasteiger charge is -2.11. The molecule has 6 heteroatoms. The van der Waals surface area contributed by atoms with Crippen molar-refractivity contribution in [3.8, 4) is 6.07 Å². The predicted molar refractivity (Wildman–Crippen MR) is 90.6 cm³/mol. The number of carbonyl (C=O) groups is 2. The van der Waals surface area contributed by atoms with Crippen LogP contribution in [-0.4, -0.2) is 11.8 Å². The highest BCUT2D eigenvalue weighted by Gasteiger charge is 2.11. The van der Waals surface area contributed by atoms with Gasteiger partial charge < -0.3 is 10.6 Å². The number of amides is 2. The minimum atomic E-state index is -0.378. The molecule has 0 spiro atoms. The van der Waals surface area contributed by atoms with Crippen LogP contribution in [0.1, 0.15) is 22.3 Å². The van der Waals surface area contributed by atoms with E-state index in [2.05, 4.69) is 26.6 Å². The van der Waals surface area contributed by atoms with Crippen LogP contribution in [0, 0.1) is 11.3 Å². The van der Waals surface area contributed by atoms with Gasteiger partial charge in [-0.3, -0.25) is 9.59 Å². The number of hydrogen-bond donors (Lipinski definition) is 2. The standard InChI is InChI=1S/C17H14BrN3O2/c18-14-7-3-2-6-13(14)17(23)20-11-12-5-1-4-8-15(12)21-16(22)9-10-19/h1-8H,9,11H2,(H,20,23)(H,21,22). The molecule has 0 aliphatic carbocycles. The number of hydrogen-bond acceptors (Lipinski definition) is 3. The van der Waals surface area contributed by atoms with Gasteiger partial charge in [-0.1, -0.05) is 30.3 Å². The Morgan fingerprint density at radius 2 is 1.78 bits per heavy atom. The summed E-state index contributed by atoms with van der Waals surface area (Å²) < 4.78 is 0.716. The lowest BCUT2D eigenvalue weighted by atomic mass is 10.1. The van der Waals surface area contributed by atoms with E-state index in [-0.39, 0.29) is 24.8 Å². The summed E-state index contributed by atoms with van der Waals surface area (Å²) in [7, 11) is 0. The number of halogens is 1. The fourth-order valence-electron chi connectivity index (χ4n) is 1.98. The number of para-hydroxylation sites is 1. The topological polar surface area (TPSA) is 82.0 Å². The summed E-state index contributed by atoms with van der Waals surface area (Å²) in [5, 5.41) is 14.0. The van der Waals surface area contributed by atoms with Crippen LogP contribution in [-0.2, 0) is 11.3 Å². The highest BCUT2D eigenvalue weighted by atomic mass is 79.9. The van der Waals surface area contributed by atoms with E-state index in [0.29, 0.717) is 15.7 Å². The van der Waals surface area contributed by atoms with Gasteiger partial charge in [0.2, 0.25) is 5.91 Å². The Hall–Kier alpha value is -2.65. The van der Waals surface area contributed by atoms with Gasteiger partial charge in [0.1, 0.15) is 6.42 Å². The van der Waals surface area contributed by atoms with Gasteiger partial charge in [-0.25, -0.2) is 0 Å². The molecule has 2 rings (SSSR count). The molecule has 0 fully saturated rings.